The van der Waals surface area contributed by atoms with Gasteiger partial charge < -0.3 is 4.74 Å². The molecule has 2 unspecified atom stereocenters. The molecule has 0 fully saturated rings. The molecule has 2 aliphatic carbocycles. The van der Waals surface area contributed by atoms with Crippen LogP contribution in [0.15, 0.2) is 58.0 Å². The Morgan fingerprint density at radius 1 is 1.16 bits per heavy atom. The monoisotopic (exact) mass is 258 g/mol. The molecule has 0 amide bonds. The van der Waals surface area contributed by atoms with Crippen LogP contribution in [-0.4, -0.2) is 25.0 Å². The molecule has 100 valence electrons. The lowest BCUT2D eigenvalue weighted by molar-refractivity contribution is -0.113. The van der Waals surface area contributed by atoms with E-state index >= 15 is 0 Å². The summed E-state index contributed by atoms with van der Waals surface area (Å²) in [6.07, 6.45) is 13.2. The Morgan fingerprint density at radius 3 is 2.21 bits per heavy atom. The van der Waals surface area contributed by atoms with Gasteiger partial charge in [-0.2, -0.15) is 10.2 Å². The summed E-state index contributed by atoms with van der Waals surface area (Å²) in [6.45, 7) is 1.57. The molecular weight excluding hydrogens is 240 g/mol. The number of methoxy groups -OCH3 is 1. The first-order chi connectivity index (χ1) is 9.19. The van der Waals surface area contributed by atoms with Gasteiger partial charge in [-0.1, -0.05) is 24.3 Å². The van der Waals surface area contributed by atoms with Crippen LogP contribution in [0.1, 0.15) is 19.8 Å². The van der Waals surface area contributed by atoms with E-state index in [1.807, 2.05) is 36.5 Å². The minimum Gasteiger partial charge on any atom is -0.497 e. The number of nitrogens with zero attached hydrogens (tertiary/aromatic N) is 2. The first-order valence-corrected chi connectivity index (χ1v) is 6.40. The SMILES string of the molecule is COC1=CCC(N=NC2C=CC(C(C)=O)=CC2)C=C1. The van der Waals surface area contributed by atoms with Gasteiger partial charge in [0.1, 0.15) is 5.76 Å². The van der Waals surface area contributed by atoms with Gasteiger partial charge >= 0.3 is 0 Å². The van der Waals surface area contributed by atoms with Crippen LogP contribution in [0.5, 0.6) is 0 Å². The van der Waals surface area contributed by atoms with E-state index in [4.69, 9.17) is 4.74 Å². The van der Waals surface area contributed by atoms with Crippen molar-refractivity contribution in [2.45, 2.75) is 31.8 Å². The fourth-order valence-electron chi connectivity index (χ4n) is 1.95. The average molecular weight is 258 g/mol. The molecule has 0 aromatic rings. The number of Topliss-reactive ketones (excluding diaryl/α,β-unsaturated/α-hetero) is 1. The van der Waals surface area contributed by atoms with Crippen molar-refractivity contribution in [1.29, 1.82) is 0 Å². The summed E-state index contributed by atoms with van der Waals surface area (Å²) in [5.74, 6) is 0.970. The first-order valence-electron chi connectivity index (χ1n) is 6.40. The van der Waals surface area contributed by atoms with Crippen molar-refractivity contribution < 1.29 is 9.53 Å². The van der Waals surface area contributed by atoms with Crippen LogP contribution in [0.4, 0.5) is 0 Å². The van der Waals surface area contributed by atoms with E-state index in [1.165, 1.54) is 0 Å². The zero-order chi connectivity index (χ0) is 13.7. The molecular formula is C15H18N2O2. The van der Waals surface area contributed by atoms with Crippen LogP contribution >= 0.6 is 0 Å². The standard InChI is InChI=1S/C15H18N2O2/c1-11(18)12-3-5-13(6-4-12)16-17-14-7-9-15(19-2)10-8-14/h3-5,7,9-10,13-14H,6,8H2,1-2H3. The lowest BCUT2D eigenvalue weighted by atomic mass is 10.0. The number of azo groups is 1. The molecule has 0 bridgehead atoms. The molecule has 2 rings (SSSR count). The molecule has 0 aliphatic heterocycles. The van der Waals surface area contributed by atoms with Crippen molar-refractivity contribution in [2.75, 3.05) is 7.11 Å². The van der Waals surface area contributed by atoms with Crippen molar-refractivity contribution in [2.24, 2.45) is 10.2 Å². The van der Waals surface area contributed by atoms with Crippen molar-refractivity contribution in [3.05, 3.63) is 47.8 Å². The smallest absolute Gasteiger partial charge is 0.159 e. The van der Waals surface area contributed by atoms with E-state index in [-0.39, 0.29) is 17.9 Å². The number of carbonyl (C=O) groups is 1. The van der Waals surface area contributed by atoms with Crippen LogP contribution in [0.3, 0.4) is 0 Å². The van der Waals surface area contributed by atoms with E-state index in [1.54, 1.807) is 14.0 Å². The second-order valence-corrected chi connectivity index (χ2v) is 4.58. The molecule has 0 aromatic heterocycles. The van der Waals surface area contributed by atoms with Crippen molar-refractivity contribution in [3.63, 3.8) is 0 Å². The van der Waals surface area contributed by atoms with Crippen molar-refractivity contribution in [1.82, 2.24) is 0 Å². The molecule has 0 N–H and O–H groups in total. The molecule has 0 saturated heterocycles. The van der Waals surface area contributed by atoms with Gasteiger partial charge in [0.25, 0.3) is 0 Å². The molecule has 4 nitrogen and oxygen atoms in total. The van der Waals surface area contributed by atoms with Crippen LogP contribution in [0.25, 0.3) is 0 Å². The molecule has 19 heavy (non-hydrogen) atoms. The summed E-state index contributed by atoms with van der Waals surface area (Å²) >= 11 is 0. The topological polar surface area (TPSA) is 51.0 Å². The Balaban J connectivity index is 1.86. The van der Waals surface area contributed by atoms with Gasteiger partial charge in [0, 0.05) is 5.57 Å². The third-order valence-corrected chi connectivity index (χ3v) is 3.13. The number of rotatable bonds is 4. The fourth-order valence-corrected chi connectivity index (χ4v) is 1.95. The Kier molecular flexibility index (Phi) is 4.44. The maximum absolute atomic E-state index is 11.2. The van der Waals surface area contributed by atoms with Crippen LogP contribution in [0, 0.1) is 0 Å². The minimum absolute atomic E-state index is 0.0456. The highest BCUT2D eigenvalue weighted by atomic mass is 16.5. The maximum Gasteiger partial charge on any atom is 0.159 e. The van der Waals surface area contributed by atoms with E-state index in [0.717, 1.165) is 24.2 Å². The molecule has 0 saturated carbocycles. The van der Waals surface area contributed by atoms with Gasteiger partial charge in [-0.3, -0.25) is 4.79 Å². The normalized spacial score (nSPS) is 26.2. The molecule has 4 heteroatoms. The fraction of sp³-hybridized carbons (Fsp3) is 0.400. The highest BCUT2D eigenvalue weighted by Crippen LogP contribution is 2.17. The number of hydrogen-bond acceptors (Lipinski definition) is 4. The Hall–Kier alpha value is -1.97. The third-order valence-electron chi connectivity index (χ3n) is 3.13. The molecule has 0 heterocycles. The lowest BCUT2D eigenvalue weighted by Gasteiger charge is -2.13. The van der Waals surface area contributed by atoms with Gasteiger partial charge in [0.05, 0.1) is 19.2 Å². The number of ether oxygens (including phenoxy) is 1. The Bertz CT molecular complexity index is 498. The summed E-state index contributed by atoms with van der Waals surface area (Å²) in [6, 6.07) is 0.134. The summed E-state index contributed by atoms with van der Waals surface area (Å²) < 4.78 is 5.12. The quantitative estimate of drug-likeness (QED) is 0.727. The van der Waals surface area contributed by atoms with E-state index in [9.17, 15) is 4.79 Å². The Labute approximate surface area is 113 Å². The first kappa shape index (κ1) is 13.5. The zero-order valence-corrected chi connectivity index (χ0v) is 11.2. The predicted octanol–water partition coefficient (Wildman–Crippen LogP) is 3.14. The van der Waals surface area contributed by atoms with Crippen LogP contribution in [0.2, 0.25) is 0 Å². The molecule has 0 spiro atoms. The van der Waals surface area contributed by atoms with Gasteiger partial charge in [0.15, 0.2) is 5.78 Å². The van der Waals surface area contributed by atoms with E-state index < -0.39 is 0 Å². The number of allylic oxidation sites excluding steroid dienone is 3. The minimum atomic E-state index is 0.0456. The van der Waals surface area contributed by atoms with Gasteiger partial charge in [-0.15, -0.1) is 0 Å². The van der Waals surface area contributed by atoms with Gasteiger partial charge in [-0.25, -0.2) is 0 Å². The largest absolute Gasteiger partial charge is 0.497 e. The summed E-state index contributed by atoms with van der Waals surface area (Å²) in [4.78, 5) is 11.2. The maximum atomic E-state index is 11.2. The molecule has 0 aromatic carbocycles. The summed E-state index contributed by atoms with van der Waals surface area (Å²) in [7, 11) is 1.66. The van der Waals surface area contributed by atoms with E-state index in [0.29, 0.717) is 0 Å². The van der Waals surface area contributed by atoms with Crippen molar-refractivity contribution >= 4 is 5.78 Å². The van der Waals surface area contributed by atoms with E-state index in [2.05, 4.69) is 10.2 Å². The third kappa shape index (κ3) is 3.74. The lowest BCUT2D eigenvalue weighted by Crippen LogP contribution is -2.08. The number of hydrogen-bond donors (Lipinski definition) is 0. The average Bonchev–Trinajstić information content (AvgIpc) is 2.46. The van der Waals surface area contributed by atoms with Gasteiger partial charge in [-0.05, 0) is 31.9 Å². The zero-order valence-electron chi connectivity index (χ0n) is 11.2. The second-order valence-electron chi connectivity index (χ2n) is 4.58. The predicted molar refractivity (Wildman–Crippen MR) is 73.8 cm³/mol. The van der Waals surface area contributed by atoms with Crippen molar-refractivity contribution in [3.8, 4) is 0 Å². The molecule has 0 radical (unpaired) electrons. The van der Waals surface area contributed by atoms with Gasteiger partial charge in [0.2, 0.25) is 0 Å². The van der Waals surface area contributed by atoms with Crippen LogP contribution < -0.4 is 0 Å². The summed E-state index contributed by atoms with van der Waals surface area (Å²) in [5, 5.41) is 8.63. The number of ketones is 1. The Morgan fingerprint density at radius 2 is 1.79 bits per heavy atom. The highest BCUT2D eigenvalue weighted by molar-refractivity contribution is 5.96. The van der Waals surface area contributed by atoms with Crippen LogP contribution in [-0.2, 0) is 9.53 Å². The summed E-state index contributed by atoms with van der Waals surface area (Å²) in [5.41, 5.74) is 0.761. The number of carbonyl (C=O) groups excluding carboxylic acids is 1. The molecule has 2 aliphatic rings. The highest BCUT2D eigenvalue weighted by Gasteiger charge is 2.11. The molecule has 2 atom stereocenters. The second kappa shape index (κ2) is 6.27.